The molecule has 1 amide bonds. The van der Waals surface area contributed by atoms with Crippen LogP contribution in [-0.2, 0) is 0 Å². The zero-order valence-electron chi connectivity index (χ0n) is 12.6. The zero-order valence-corrected chi connectivity index (χ0v) is 13.4. The number of nitrogens with two attached hydrogens (primary N) is 1. The second kappa shape index (κ2) is 7.15. The van der Waals surface area contributed by atoms with Crippen LogP contribution >= 0.6 is 11.8 Å². The van der Waals surface area contributed by atoms with Crippen LogP contribution in [0.15, 0.2) is 24.3 Å². The number of hydrazine groups is 1. The van der Waals surface area contributed by atoms with Gasteiger partial charge in [0.15, 0.2) is 0 Å². The summed E-state index contributed by atoms with van der Waals surface area (Å²) >= 11 is 2.03. The van der Waals surface area contributed by atoms with Crippen LogP contribution in [0.1, 0.15) is 24.2 Å². The molecule has 5 nitrogen and oxygen atoms in total. The van der Waals surface area contributed by atoms with Gasteiger partial charge in [-0.2, -0.15) is 11.8 Å². The minimum Gasteiger partial charge on any atom is -0.492 e. The second-order valence-electron chi connectivity index (χ2n) is 5.73. The molecule has 1 heterocycles. The summed E-state index contributed by atoms with van der Waals surface area (Å²) in [6.07, 6.45) is 0. The van der Waals surface area contributed by atoms with Gasteiger partial charge in [0, 0.05) is 35.7 Å². The number of hydrogen-bond acceptors (Lipinski definition) is 5. The van der Waals surface area contributed by atoms with E-state index in [0.29, 0.717) is 16.9 Å². The SMILES string of the molecule is CC1(C)CN(CCOc2ccc(C(=O)NN)cc2)CCS1. The number of carbonyl (C=O) groups excluding carboxylic acids is 1. The number of carbonyl (C=O) groups is 1. The Bertz CT molecular complexity index is 476. The minimum atomic E-state index is -0.297. The first-order chi connectivity index (χ1) is 10.00. The number of thioether (sulfide) groups is 1. The first-order valence-corrected chi connectivity index (χ1v) is 8.09. The smallest absolute Gasteiger partial charge is 0.265 e. The van der Waals surface area contributed by atoms with Gasteiger partial charge in [-0.15, -0.1) is 0 Å². The van der Waals surface area contributed by atoms with Gasteiger partial charge in [0.1, 0.15) is 12.4 Å². The van der Waals surface area contributed by atoms with Crippen LogP contribution in [0.2, 0.25) is 0 Å². The highest BCUT2D eigenvalue weighted by Gasteiger charge is 2.26. The van der Waals surface area contributed by atoms with Crippen molar-refractivity contribution in [2.24, 2.45) is 5.84 Å². The first-order valence-electron chi connectivity index (χ1n) is 7.10. The highest BCUT2D eigenvalue weighted by atomic mass is 32.2. The molecule has 1 aliphatic heterocycles. The number of nitrogen functional groups attached to an aromatic ring is 1. The molecule has 0 aromatic heterocycles. The predicted molar refractivity (Wildman–Crippen MR) is 86.6 cm³/mol. The Morgan fingerprint density at radius 2 is 2.14 bits per heavy atom. The molecular weight excluding hydrogens is 286 g/mol. The molecule has 0 unspecified atom stereocenters. The van der Waals surface area contributed by atoms with Gasteiger partial charge in [-0.25, -0.2) is 5.84 Å². The van der Waals surface area contributed by atoms with E-state index >= 15 is 0 Å². The number of ether oxygens (including phenoxy) is 1. The lowest BCUT2D eigenvalue weighted by Crippen LogP contribution is -2.44. The summed E-state index contributed by atoms with van der Waals surface area (Å²) in [5.41, 5.74) is 2.63. The third kappa shape index (κ3) is 4.91. The quantitative estimate of drug-likeness (QED) is 0.490. The Hall–Kier alpha value is -1.24. The molecule has 0 radical (unpaired) electrons. The Morgan fingerprint density at radius 1 is 1.43 bits per heavy atom. The van der Waals surface area contributed by atoms with Crippen LogP contribution in [-0.4, -0.2) is 47.5 Å². The number of benzene rings is 1. The van der Waals surface area contributed by atoms with E-state index in [1.54, 1.807) is 24.3 Å². The summed E-state index contributed by atoms with van der Waals surface area (Å²) in [5, 5.41) is 0. The molecule has 116 valence electrons. The fourth-order valence-corrected chi connectivity index (χ4v) is 3.56. The van der Waals surface area contributed by atoms with Crippen molar-refractivity contribution in [2.75, 3.05) is 32.0 Å². The van der Waals surface area contributed by atoms with Crippen molar-refractivity contribution in [3.8, 4) is 5.75 Å². The van der Waals surface area contributed by atoms with Crippen molar-refractivity contribution in [3.63, 3.8) is 0 Å². The fraction of sp³-hybridized carbons (Fsp3) is 0.533. The van der Waals surface area contributed by atoms with Crippen molar-refractivity contribution in [3.05, 3.63) is 29.8 Å². The molecule has 0 atom stereocenters. The molecule has 1 aromatic rings. The lowest BCUT2D eigenvalue weighted by atomic mass is 10.2. The van der Waals surface area contributed by atoms with Gasteiger partial charge in [-0.1, -0.05) is 0 Å². The van der Waals surface area contributed by atoms with Crippen molar-refractivity contribution >= 4 is 17.7 Å². The van der Waals surface area contributed by atoms with E-state index in [9.17, 15) is 4.79 Å². The number of rotatable bonds is 5. The van der Waals surface area contributed by atoms with Gasteiger partial charge in [0.05, 0.1) is 0 Å². The summed E-state index contributed by atoms with van der Waals surface area (Å²) in [7, 11) is 0. The predicted octanol–water partition coefficient (Wildman–Crippen LogP) is 1.50. The van der Waals surface area contributed by atoms with Crippen LogP contribution in [0.4, 0.5) is 0 Å². The van der Waals surface area contributed by atoms with E-state index in [2.05, 4.69) is 24.2 Å². The van der Waals surface area contributed by atoms with Gasteiger partial charge >= 0.3 is 0 Å². The molecule has 0 bridgehead atoms. The van der Waals surface area contributed by atoms with E-state index in [-0.39, 0.29) is 5.91 Å². The molecule has 1 fully saturated rings. The molecule has 1 aliphatic rings. The van der Waals surface area contributed by atoms with Crippen molar-refractivity contribution < 1.29 is 9.53 Å². The van der Waals surface area contributed by atoms with E-state index in [4.69, 9.17) is 10.6 Å². The van der Waals surface area contributed by atoms with Crippen LogP contribution in [0.25, 0.3) is 0 Å². The van der Waals surface area contributed by atoms with Crippen LogP contribution in [0.5, 0.6) is 5.75 Å². The van der Waals surface area contributed by atoms with Gasteiger partial charge in [-0.05, 0) is 38.1 Å². The Balaban J connectivity index is 1.77. The van der Waals surface area contributed by atoms with Crippen LogP contribution in [0.3, 0.4) is 0 Å². The molecule has 1 aromatic carbocycles. The summed E-state index contributed by atoms with van der Waals surface area (Å²) in [6, 6.07) is 7.00. The topological polar surface area (TPSA) is 67.6 Å². The maximum atomic E-state index is 11.3. The van der Waals surface area contributed by atoms with Gasteiger partial charge in [0.25, 0.3) is 5.91 Å². The zero-order chi connectivity index (χ0) is 15.3. The average Bonchev–Trinajstić information content (AvgIpc) is 2.46. The average molecular weight is 309 g/mol. The fourth-order valence-electron chi connectivity index (χ4n) is 2.38. The van der Waals surface area contributed by atoms with E-state index in [1.165, 1.54) is 5.75 Å². The number of hydrogen-bond donors (Lipinski definition) is 2. The maximum Gasteiger partial charge on any atom is 0.265 e. The molecule has 0 aliphatic carbocycles. The third-order valence-electron chi connectivity index (χ3n) is 3.43. The van der Waals surface area contributed by atoms with Crippen molar-refractivity contribution in [2.45, 2.75) is 18.6 Å². The summed E-state index contributed by atoms with van der Waals surface area (Å²) in [4.78, 5) is 13.8. The van der Waals surface area contributed by atoms with E-state index in [1.807, 2.05) is 11.8 Å². The molecule has 0 spiro atoms. The van der Waals surface area contributed by atoms with Gasteiger partial charge < -0.3 is 4.74 Å². The van der Waals surface area contributed by atoms with Crippen molar-refractivity contribution in [1.82, 2.24) is 10.3 Å². The minimum absolute atomic E-state index is 0.297. The first kappa shape index (κ1) is 16.1. The summed E-state index contributed by atoms with van der Waals surface area (Å²) in [5.74, 6) is 6.74. The molecule has 3 N–H and O–H groups in total. The second-order valence-corrected chi connectivity index (χ2v) is 7.53. The number of nitrogens with zero attached hydrogens (tertiary/aromatic N) is 1. The number of amides is 1. The lowest BCUT2D eigenvalue weighted by Gasteiger charge is -2.37. The standard InChI is InChI=1S/C15H23N3O2S/c1-15(2)11-18(8-10-21-15)7-9-20-13-5-3-12(4-6-13)14(19)17-16/h3-6H,7-11,16H2,1-2H3,(H,17,19). The highest BCUT2D eigenvalue weighted by molar-refractivity contribution is 8.00. The lowest BCUT2D eigenvalue weighted by molar-refractivity contribution is 0.0953. The summed E-state index contributed by atoms with van der Waals surface area (Å²) in [6.45, 7) is 8.36. The molecule has 1 saturated heterocycles. The summed E-state index contributed by atoms with van der Waals surface area (Å²) < 4.78 is 6.06. The normalized spacial score (nSPS) is 18.2. The Labute approximate surface area is 130 Å². The monoisotopic (exact) mass is 309 g/mol. The van der Waals surface area contributed by atoms with Gasteiger partial charge in [-0.3, -0.25) is 15.1 Å². The Kier molecular flexibility index (Phi) is 5.50. The van der Waals surface area contributed by atoms with E-state index < -0.39 is 0 Å². The number of nitrogens with one attached hydrogen (secondary N) is 1. The van der Waals surface area contributed by atoms with E-state index in [0.717, 1.165) is 25.4 Å². The Morgan fingerprint density at radius 3 is 2.76 bits per heavy atom. The highest BCUT2D eigenvalue weighted by Crippen LogP contribution is 2.29. The third-order valence-corrected chi connectivity index (χ3v) is 4.73. The largest absolute Gasteiger partial charge is 0.492 e. The maximum absolute atomic E-state index is 11.3. The van der Waals surface area contributed by atoms with Crippen molar-refractivity contribution in [1.29, 1.82) is 0 Å². The molecule has 2 rings (SSSR count). The molecular formula is C15H23N3O2S. The molecule has 6 heteroatoms. The van der Waals surface area contributed by atoms with Gasteiger partial charge in [0.2, 0.25) is 0 Å². The molecule has 21 heavy (non-hydrogen) atoms. The molecule has 0 saturated carbocycles. The van der Waals surface area contributed by atoms with Crippen LogP contribution in [0, 0.1) is 0 Å². The van der Waals surface area contributed by atoms with Crippen LogP contribution < -0.4 is 16.0 Å².